The second-order valence-electron chi connectivity index (χ2n) is 5.39. The minimum Gasteiger partial charge on any atom is -0.282 e. The molecule has 23 heavy (non-hydrogen) atoms. The van der Waals surface area contributed by atoms with Gasteiger partial charge in [0, 0.05) is 27.4 Å². The molecule has 1 aliphatic rings. The van der Waals surface area contributed by atoms with Crippen molar-refractivity contribution in [1.29, 1.82) is 0 Å². The Morgan fingerprint density at radius 3 is 2.61 bits per heavy atom. The maximum Gasteiger partial charge on any atom is 0.0917 e. The average Bonchev–Trinajstić information content (AvgIpc) is 2.82. The molecule has 0 unspecified atom stereocenters. The zero-order valence-electron chi connectivity index (χ0n) is 12.5. The molecule has 2 heterocycles. The highest BCUT2D eigenvalue weighted by atomic mass is 35.5. The quantitative estimate of drug-likeness (QED) is 0.676. The summed E-state index contributed by atoms with van der Waals surface area (Å²) in [6.07, 6.45) is 0. The van der Waals surface area contributed by atoms with E-state index < -0.39 is 0 Å². The van der Waals surface area contributed by atoms with Gasteiger partial charge in [0.25, 0.3) is 0 Å². The minimum absolute atomic E-state index is 0. The molecular formula is C18H15Cl2N3. The molecule has 5 heteroatoms. The summed E-state index contributed by atoms with van der Waals surface area (Å²) in [5, 5.41) is 8.18. The summed E-state index contributed by atoms with van der Waals surface area (Å²) < 4.78 is 0. The van der Waals surface area contributed by atoms with Gasteiger partial charge in [0.2, 0.25) is 0 Å². The lowest BCUT2D eigenvalue weighted by Gasteiger charge is -2.11. The largest absolute Gasteiger partial charge is 0.282 e. The Morgan fingerprint density at radius 1 is 1.04 bits per heavy atom. The lowest BCUT2D eigenvalue weighted by molar-refractivity contribution is 0.941. The van der Waals surface area contributed by atoms with Gasteiger partial charge in [-0.1, -0.05) is 48.0 Å². The Bertz CT molecular complexity index is 883. The smallest absolute Gasteiger partial charge is 0.0917 e. The Kier molecular flexibility index (Phi) is 4.24. The lowest BCUT2D eigenvalue weighted by atomic mass is 9.93. The molecule has 116 valence electrons. The van der Waals surface area contributed by atoms with E-state index in [1.54, 1.807) is 0 Å². The first-order valence-electron chi connectivity index (χ1n) is 7.18. The van der Waals surface area contributed by atoms with E-state index >= 15 is 0 Å². The van der Waals surface area contributed by atoms with Gasteiger partial charge in [-0.15, -0.1) is 12.4 Å². The molecule has 0 saturated carbocycles. The van der Waals surface area contributed by atoms with Crippen LogP contribution in [-0.4, -0.2) is 15.9 Å². The predicted octanol–water partition coefficient (Wildman–Crippen LogP) is 4.81. The third-order valence-corrected chi connectivity index (χ3v) is 4.20. The molecule has 0 aliphatic carbocycles. The van der Waals surface area contributed by atoms with Crippen LogP contribution in [0.15, 0.2) is 53.5 Å². The van der Waals surface area contributed by atoms with Gasteiger partial charge in [0.15, 0.2) is 0 Å². The van der Waals surface area contributed by atoms with Crippen molar-refractivity contribution in [2.24, 2.45) is 4.99 Å². The number of aromatic nitrogens is 2. The van der Waals surface area contributed by atoms with Crippen LogP contribution in [0.5, 0.6) is 0 Å². The average molecular weight is 344 g/mol. The molecule has 0 bridgehead atoms. The first-order valence-corrected chi connectivity index (χ1v) is 7.56. The number of benzene rings is 2. The van der Waals surface area contributed by atoms with Crippen LogP contribution in [0, 0.1) is 6.92 Å². The number of nitrogens with zero attached hydrogens (tertiary/aromatic N) is 2. The zero-order valence-corrected chi connectivity index (χ0v) is 14.1. The van der Waals surface area contributed by atoms with Crippen LogP contribution >= 0.6 is 24.0 Å². The fourth-order valence-electron chi connectivity index (χ4n) is 2.96. The van der Waals surface area contributed by atoms with Crippen LogP contribution < -0.4 is 0 Å². The van der Waals surface area contributed by atoms with E-state index in [1.807, 2.05) is 37.3 Å². The van der Waals surface area contributed by atoms with E-state index in [2.05, 4.69) is 28.4 Å². The number of hydrogen-bond donors (Lipinski definition) is 1. The lowest BCUT2D eigenvalue weighted by Crippen LogP contribution is -2.04. The van der Waals surface area contributed by atoms with Crippen LogP contribution in [0.4, 0.5) is 0 Å². The number of rotatable bonds is 1. The molecule has 0 amide bonds. The van der Waals surface area contributed by atoms with Gasteiger partial charge < -0.3 is 0 Å². The SMILES string of the molecule is Cc1[nH]nc2c1-c1ccc(Cl)cc1C(c1ccccc1)=NC2.Cl. The van der Waals surface area contributed by atoms with Gasteiger partial charge in [-0.2, -0.15) is 5.10 Å². The van der Waals surface area contributed by atoms with Crippen molar-refractivity contribution < 1.29 is 0 Å². The van der Waals surface area contributed by atoms with Crippen molar-refractivity contribution in [1.82, 2.24) is 10.2 Å². The van der Waals surface area contributed by atoms with E-state index in [-0.39, 0.29) is 12.4 Å². The number of hydrogen-bond acceptors (Lipinski definition) is 2. The van der Waals surface area contributed by atoms with E-state index in [0.29, 0.717) is 11.6 Å². The van der Waals surface area contributed by atoms with Crippen molar-refractivity contribution in [3.05, 3.63) is 76.1 Å². The van der Waals surface area contributed by atoms with Crippen LogP contribution in [0.3, 0.4) is 0 Å². The van der Waals surface area contributed by atoms with E-state index in [4.69, 9.17) is 16.6 Å². The van der Waals surface area contributed by atoms with E-state index in [1.165, 1.54) is 0 Å². The molecule has 1 aliphatic heterocycles. The Hall–Kier alpha value is -2.10. The third kappa shape index (κ3) is 2.67. The molecule has 3 aromatic rings. The highest BCUT2D eigenvalue weighted by molar-refractivity contribution is 6.31. The maximum atomic E-state index is 6.25. The number of H-pyrrole nitrogens is 1. The summed E-state index contributed by atoms with van der Waals surface area (Å²) in [6.45, 7) is 2.61. The minimum atomic E-state index is 0. The molecule has 1 aromatic heterocycles. The van der Waals surface area contributed by atoms with Gasteiger partial charge >= 0.3 is 0 Å². The van der Waals surface area contributed by atoms with Crippen molar-refractivity contribution >= 4 is 29.7 Å². The number of aromatic amines is 1. The summed E-state index contributed by atoms with van der Waals surface area (Å²) in [6, 6.07) is 16.2. The number of aryl methyl sites for hydroxylation is 1. The first-order chi connectivity index (χ1) is 10.7. The molecule has 2 aromatic carbocycles. The van der Waals surface area contributed by atoms with Crippen LogP contribution in [-0.2, 0) is 6.54 Å². The predicted molar refractivity (Wildman–Crippen MR) is 96.8 cm³/mol. The second kappa shape index (κ2) is 6.19. The second-order valence-corrected chi connectivity index (χ2v) is 5.83. The van der Waals surface area contributed by atoms with E-state index in [9.17, 15) is 0 Å². The molecule has 0 saturated heterocycles. The molecule has 0 spiro atoms. The molecular weight excluding hydrogens is 329 g/mol. The first kappa shape index (κ1) is 15.8. The Labute approximate surface area is 145 Å². The van der Waals surface area contributed by atoms with Gasteiger partial charge in [-0.25, -0.2) is 0 Å². The third-order valence-electron chi connectivity index (χ3n) is 3.96. The summed E-state index contributed by atoms with van der Waals surface area (Å²) in [4.78, 5) is 4.81. The van der Waals surface area contributed by atoms with Crippen LogP contribution in [0.2, 0.25) is 5.02 Å². The fourth-order valence-corrected chi connectivity index (χ4v) is 3.14. The highest BCUT2D eigenvalue weighted by Gasteiger charge is 2.22. The molecule has 3 nitrogen and oxygen atoms in total. The van der Waals surface area contributed by atoms with E-state index in [0.717, 1.165) is 39.4 Å². The van der Waals surface area contributed by atoms with Gasteiger partial charge in [0.05, 0.1) is 18.0 Å². The number of halogens is 2. The molecule has 0 radical (unpaired) electrons. The highest BCUT2D eigenvalue weighted by Crippen LogP contribution is 2.35. The summed E-state index contributed by atoms with van der Waals surface area (Å²) in [7, 11) is 0. The standard InChI is InChI=1S/C18H14ClN3.ClH/c1-11-17-14-8-7-13(19)9-15(14)18(12-5-3-2-4-6-12)20-10-16(17)22-21-11;/h2-9H,10H2,1H3,(H,21,22);1H. The molecule has 0 atom stereocenters. The van der Waals surface area contributed by atoms with Gasteiger partial charge in [-0.05, 0) is 24.6 Å². The van der Waals surface area contributed by atoms with Crippen LogP contribution in [0.25, 0.3) is 11.1 Å². The van der Waals surface area contributed by atoms with Crippen molar-refractivity contribution in [3.63, 3.8) is 0 Å². The van der Waals surface area contributed by atoms with Crippen molar-refractivity contribution in [3.8, 4) is 11.1 Å². The summed E-state index contributed by atoms with van der Waals surface area (Å²) in [5.41, 5.74) is 7.43. The number of aliphatic imine (C=N–C) groups is 1. The number of nitrogens with one attached hydrogen (secondary N) is 1. The molecule has 0 fully saturated rings. The van der Waals surface area contributed by atoms with Crippen molar-refractivity contribution in [2.75, 3.05) is 0 Å². The van der Waals surface area contributed by atoms with Gasteiger partial charge in [-0.3, -0.25) is 10.1 Å². The summed E-state index contributed by atoms with van der Waals surface area (Å²) in [5.74, 6) is 0. The molecule has 4 rings (SSSR count). The molecule has 1 N–H and O–H groups in total. The monoisotopic (exact) mass is 343 g/mol. The Morgan fingerprint density at radius 2 is 1.83 bits per heavy atom. The summed E-state index contributed by atoms with van der Waals surface area (Å²) >= 11 is 6.25. The number of fused-ring (bicyclic) bond motifs is 3. The van der Waals surface area contributed by atoms with Gasteiger partial charge in [0.1, 0.15) is 0 Å². The Balaban J connectivity index is 0.00000156. The van der Waals surface area contributed by atoms with Crippen LogP contribution in [0.1, 0.15) is 22.5 Å². The normalized spacial score (nSPS) is 12.5. The zero-order chi connectivity index (χ0) is 15.1. The topological polar surface area (TPSA) is 41.0 Å². The maximum absolute atomic E-state index is 6.25. The fraction of sp³-hybridized carbons (Fsp3) is 0.111. The van der Waals surface area contributed by atoms with Crippen molar-refractivity contribution in [2.45, 2.75) is 13.5 Å².